The van der Waals surface area contributed by atoms with Gasteiger partial charge in [0.25, 0.3) is 0 Å². The van der Waals surface area contributed by atoms with Gasteiger partial charge in [0.1, 0.15) is 0 Å². The molecule has 17 heavy (non-hydrogen) atoms. The number of piperidine rings is 1. The first-order chi connectivity index (χ1) is 7.91. The normalized spacial score (nSPS) is 25.4. The van der Waals surface area contributed by atoms with E-state index < -0.39 is 20.8 Å². The van der Waals surface area contributed by atoms with Crippen molar-refractivity contribution in [3.8, 4) is 0 Å². The Morgan fingerprint density at radius 3 is 2.76 bits per heavy atom. The van der Waals surface area contributed by atoms with E-state index in [1.54, 1.807) is 13.2 Å². The van der Waals surface area contributed by atoms with Gasteiger partial charge in [0.2, 0.25) is 10.0 Å². The zero-order chi connectivity index (χ0) is 12.9. The van der Waals surface area contributed by atoms with Gasteiger partial charge in [-0.3, -0.25) is 4.21 Å². The molecule has 3 unspecified atom stereocenters. The van der Waals surface area contributed by atoms with Crippen LogP contribution in [0.2, 0.25) is 0 Å². The molecule has 5 nitrogen and oxygen atoms in total. The zero-order valence-corrected chi connectivity index (χ0v) is 12.1. The highest BCUT2D eigenvalue weighted by Gasteiger charge is 2.21. The summed E-state index contributed by atoms with van der Waals surface area (Å²) in [5, 5.41) is 3.06. The van der Waals surface area contributed by atoms with Crippen molar-refractivity contribution in [3.05, 3.63) is 0 Å². The van der Waals surface area contributed by atoms with E-state index in [0.717, 1.165) is 25.9 Å². The maximum atomic E-state index is 11.8. The van der Waals surface area contributed by atoms with Gasteiger partial charge in [-0.15, -0.1) is 0 Å². The van der Waals surface area contributed by atoms with E-state index >= 15 is 0 Å². The van der Waals surface area contributed by atoms with Crippen LogP contribution >= 0.6 is 0 Å². The van der Waals surface area contributed by atoms with Gasteiger partial charge in [0, 0.05) is 28.9 Å². The lowest BCUT2D eigenvalue weighted by Crippen LogP contribution is -2.39. The van der Waals surface area contributed by atoms with Crippen LogP contribution in [0.1, 0.15) is 19.8 Å². The number of nitrogens with one attached hydrogen (secondary N) is 2. The van der Waals surface area contributed by atoms with Crippen LogP contribution in [-0.2, 0) is 20.8 Å². The first-order valence-electron chi connectivity index (χ1n) is 5.91. The predicted molar refractivity (Wildman–Crippen MR) is 70.9 cm³/mol. The van der Waals surface area contributed by atoms with Crippen molar-refractivity contribution in [2.75, 3.05) is 31.6 Å². The third kappa shape index (κ3) is 5.94. The Bertz CT molecular complexity index is 351. The second kappa shape index (κ2) is 6.82. The van der Waals surface area contributed by atoms with Gasteiger partial charge >= 0.3 is 0 Å². The average Bonchev–Trinajstić information content (AvgIpc) is 2.26. The molecular formula is C10H22N2O3S2. The van der Waals surface area contributed by atoms with Crippen LogP contribution in [0.25, 0.3) is 0 Å². The summed E-state index contributed by atoms with van der Waals surface area (Å²) in [5.74, 6) is 0.368. The number of sulfonamides is 1. The van der Waals surface area contributed by atoms with Crippen LogP contribution in [-0.4, -0.2) is 49.5 Å². The molecule has 0 aliphatic carbocycles. The standard InChI is InChI=1S/C10H22N2O3S2/c1-9(16(2)13)6-12-17(14,15)8-10-4-3-5-11-7-10/h9-12H,3-8H2,1-2H3. The molecule has 0 aromatic carbocycles. The first-order valence-corrected chi connectivity index (χ1v) is 9.18. The van der Waals surface area contributed by atoms with Gasteiger partial charge in [0.15, 0.2) is 0 Å². The van der Waals surface area contributed by atoms with Crippen molar-refractivity contribution in [2.24, 2.45) is 5.92 Å². The molecule has 102 valence electrons. The van der Waals surface area contributed by atoms with Gasteiger partial charge in [-0.2, -0.15) is 0 Å². The summed E-state index contributed by atoms with van der Waals surface area (Å²) in [5.41, 5.74) is 0. The van der Waals surface area contributed by atoms with Crippen LogP contribution in [0, 0.1) is 5.92 Å². The molecule has 1 rings (SSSR count). The molecule has 3 atom stereocenters. The fraction of sp³-hybridized carbons (Fsp3) is 1.00. The van der Waals surface area contributed by atoms with Gasteiger partial charge in [-0.25, -0.2) is 13.1 Å². The summed E-state index contributed by atoms with van der Waals surface area (Å²) in [6.07, 6.45) is 3.59. The number of rotatable bonds is 6. The lowest BCUT2D eigenvalue weighted by Gasteiger charge is -2.22. The highest BCUT2D eigenvalue weighted by Crippen LogP contribution is 2.11. The average molecular weight is 282 g/mol. The lowest BCUT2D eigenvalue weighted by atomic mass is 10.0. The summed E-state index contributed by atoms with van der Waals surface area (Å²) in [7, 11) is -4.23. The molecule has 0 aromatic heterocycles. The quantitative estimate of drug-likeness (QED) is 0.700. The summed E-state index contributed by atoms with van der Waals surface area (Å²) in [6.45, 7) is 3.79. The molecule has 1 fully saturated rings. The second-order valence-electron chi connectivity index (χ2n) is 4.65. The van der Waals surface area contributed by atoms with Crippen LogP contribution in [0.5, 0.6) is 0 Å². The van der Waals surface area contributed by atoms with Crippen LogP contribution in [0.4, 0.5) is 0 Å². The summed E-state index contributed by atoms with van der Waals surface area (Å²) >= 11 is 0. The maximum absolute atomic E-state index is 11.8. The first kappa shape index (κ1) is 15.1. The van der Waals surface area contributed by atoms with Crippen LogP contribution in [0.15, 0.2) is 0 Å². The molecule has 0 saturated carbocycles. The Hall–Kier alpha value is 0.0200. The zero-order valence-electron chi connectivity index (χ0n) is 10.4. The molecule has 0 bridgehead atoms. The topological polar surface area (TPSA) is 75.3 Å². The van der Waals surface area contributed by atoms with E-state index in [-0.39, 0.29) is 23.5 Å². The Morgan fingerprint density at radius 2 is 2.24 bits per heavy atom. The molecular weight excluding hydrogens is 260 g/mol. The molecule has 2 N–H and O–H groups in total. The van der Waals surface area contributed by atoms with Crippen molar-refractivity contribution in [3.63, 3.8) is 0 Å². The molecule has 1 aliphatic rings. The van der Waals surface area contributed by atoms with E-state index in [2.05, 4.69) is 10.0 Å². The number of hydrogen-bond donors (Lipinski definition) is 2. The third-order valence-corrected chi connectivity index (χ3v) is 5.83. The van der Waals surface area contributed by atoms with Crippen LogP contribution in [0.3, 0.4) is 0 Å². The Kier molecular flexibility index (Phi) is 6.05. The Balaban J connectivity index is 2.37. The molecule has 1 aliphatic heterocycles. The van der Waals surface area contributed by atoms with Crippen molar-refractivity contribution in [2.45, 2.75) is 25.0 Å². The Morgan fingerprint density at radius 1 is 1.53 bits per heavy atom. The highest BCUT2D eigenvalue weighted by atomic mass is 32.2. The molecule has 7 heteroatoms. The Labute approximate surface area is 106 Å². The van der Waals surface area contributed by atoms with E-state index in [1.807, 2.05) is 0 Å². The predicted octanol–water partition coefficient (Wildman–Crippen LogP) is -0.328. The summed E-state index contributed by atoms with van der Waals surface area (Å²) in [6, 6.07) is 0. The monoisotopic (exact) mass is 282 g/mol. The molecule has 1 heterocycles. The van der Waals surface area contributed by atoms with Crippen molar-refractivity contribution < 1.29 is 12.6 Å². The number of hydrogen-bond acceptors (Lipinski definition) is 4. The smallest absolute Gasteiger partial charge is 0.211 e. The molecule has 0 amide bonds. The van der Waals surface area contributed by atoms with E-state index in [0.29, 0.717) is 0 Å². The van der Waals surface area contributed by atoms with Gasteiger partial charge in [-0.05, 0) is 38.8 Å². The molecule has 0 radical (unpaired) electrons. The summed E-state index contributed by atoms with van der Waals surface area (Å²) < 4.78 is 37.2. The third-order valence-electron chi connectivity index (χ3n) is 3.01. The minimum atomic E-state index is -3.23. The van der Waals surface area contributed by atoms with Crippen molar-refractivity contribution in [1.82, 2.24) is 10.0 Å². The molecule has 1 saturated heterocycles. The van der Waals surface area contributed by atoms with E-state index in [9.17, 15) is 12.6 Å². The molecule has 0 aromatic rings. The van der Waals surface area contributed by atoms with Gasteiger partial charge in [-0.1, -0.05) is 0 Å². The fourth-order valence-electron chi connectivity index (χ4n) is 1.80. The van der Waals surface area contributed by atoms with E-state index in [4.69, 9.17) is 0 Å². The molecule has 0 spiro atoms. The van der Waals surface area contributed by atoms with Crippen LogP contribution < -0.4 is 10.0 Å². The lowest BCUT2D eigenvalue weighted by molar-refractivity contribution is 0.403. The maximum Gasteiger partial charge on any atom is 0.211 e. The SMILES string of the molecule is CC(CNS(=O)(=O)CC1CCCNC1)S(C)=O. The second-order valence-corrected chi connectivity index (χ2v) is 8.30. The van der Waals surface area contributed by atoms with Gasteiger partial charge in [0.05, 0.1) is 5.75 Å². The van der Waals surface area contributed by atoms with Gasteiger partial charge < -0.3 is 5.32 Å². The van der Waals surface area contributed by atoms with Crippen molar-refractivity contribution >= 4 is 20.8 Å². The minimum absolute atomic E-state index is 0.144. The minimum Gasteiger partial charge on any atom is -0.316 e. The van der Waals surface area contributed by atoms with Crippen molar-refractivity contribution in [1.29, 1.82) is 0 Å². The largest absolute Gasteiger partial charge is 0.316 e. The van der Waals surface area contributed by atoms with E-state index in [1.165, 1.54) is 0 Å². The highest BCUT2D eigenvalue weighted by molar-refractivity contribution is 7.89. The summed E-state index contributed by atoms with van der Waals surface area (Å²) in [4.78, 5) is 0. The fourth-order valence-corrected chi connectivity index (χ4v) is 3.75.